The fourth-order valence-corrected chi connectivity index (χ4v) is 4.30. The van der Waals surface area contributed by atoms with Gasteiger partial charge in [-0.15, -0.1) is 0 Å². The predicted octanol–water partition coefficient (Wildman–Crippen LogP) is 3.53. The molecule has 1 aliphatic carbocycles. The number of amides is 2. The number of nitrogens with one attached hydrogen (secondary N) is 2. The smallest absolute Gasteiger partial charge is 0.315 e. The third-order valence-electron chi connectivity index (χ3n) is 5.55. The van der Waals surface area contributed by atoms with Crippen LogP contribution in [-0.2, 0) is 6.42 Å². The lowest BCUT2D eigenvalue weighted by atomic mass is 9.83. The van der Waals surface area contributed by atoms with E-state index in [2.05, 4.69) is 53.6 Å². The molecule has 138 valence electrons. The van der Waals surface area contributed by atoms with Gasteiger partial charge in [-0.3, -0.25) is 0 Å². The summed E-state index contributed by atoms with van der Waals surface area (Å²) in [5.41, 5.74) is 2.88. The van der Waals surface area contributed by atoms with E-state index in [4.69, 9.17) is 0 Å². The second-order valence-corrected chi connectivity index (χ2v) is 8.11. The molecule has 1 fully saturated rings. The van der Waals surface area contributed by atoms with E-state index in [1.54, 1.807) is 0 Å². The van der Waals surface area contributed by atoms with Crippen molar-refractivity contribution in [1.82, 2.24) is 15.5 Å². The molecule has 0 radical (unpaired) electrons. The topological polar surface area (TPSA) is 44.4 Å². The van der Waals surface area contributed by atoms with Crippen LogP contribution in [0.3, 0.4) is 0 Å². The van der Waals surface area contributed by atoms with Crippen molar-refractivity contribution in [2.45, 2.75) is 57.9 Å². The molecule has 1 heterocycles. The average Bonchev–Trinajstić information content (AvgIpc) is 2.61. The molecule has 1 unspecified atom stereocenters. The number of hydrogen-bond donors (Lipinski definition) is 2. The first-order chi connectivity index (χ1) is 12.1. The Kier molecular flexibility index (Phi) is 6.35. The zero-order chi connectivity index (χ0) is 17.6. The largest absolute Gasteiger partial charge is 0.338 e. The molecule has 1 saturated heterocycles. The summed E-state index contributed by atoms with van der Waals surface area (Å²) in [5.74, 6) is 1.18. The van der Waals surface area contributed by atoms with Crippen molar-refractivity contribution in [3.05, 3.63) is 35.4 Å². The van der Waals surface area contributed by atoms with Gasteiger partial charge >= 0.3 is 6.03 Å². The molecule has 0 spiro atoms. The SMILES string of the molecule is CC(C)CN1CCC(NC(=O)NCC2CCCc3ccccc32)CC1. The highest BCUT2D eigenvalue weighted by molar-refractivity contribution is 5.74. The van der Waals surface area contributed by atoms with E-state index >= 15 is 0 Å². The highest BCUT2D eigenvalue weighted by Crippen LogP contribution is 2.30. The van der Waals surface area contributed by atoms with Crippen LogP contribution in [0.5, 0.6) is 0 Å². The van der Waals surface area contributed by atoms with Gasteiger partial charge in [-0.2, -0.15) is 0 Å². The predicted molar refractivity (Wildman–Crippen MR) is 103 cm³/mol. The monoisotopic (exact) mass is 343 g/mol. The Hall–Kier alpha value is -1.55. The zero-order valence-corrected chi connectivity index (χ0v) is 15.8. The Morgan fingerprint density at radius 2 is 1.96 bits per heavy atom. The molecule has 0 saturated carbocycles. The lowest BCUT2D eigenvalue weighted by Gasteiger charge is -2.33. The molecule has 4 heteroatoms. The van der Waals surface area contributed by atoms with Gasteiger partial charge in [-0.25, -0.2) is 4.79 Å². The molecule has 1 atom stereocenters. The van der Waals surface area contributed by atoms with Gasteiger partial charge in [0.15, 0.2) is 0 Å². The van der Waals surface area contributed by atoms with E-state index < -0.39 is 0 Å². The van der Waals surface area contributed by atoms with Gasteiger partial charge in [-0.05, 0) is 49.1 Å². The molecule has 2 aliphatic rings. The molecular formula is C21H33N3O. The third-order valence-corrected chi connectivity index (χ3v) is 5.55. The van der Waals surface area contributed by atoms with Gasteiger partial charge in [0.05, 0.1) is 0 Å². The Morgan fingerprint density at radius 3 is 2.72 bits per heavy atom. The molecule has 3 rings (SSSR count). The van der Waals surface area contributed by atoms with Gasteiger partial charge in [0.1, 0.15) is 0 Å². The summed E-state index contributed by atoms with van der Waals surface area (Å²) >= 11 is 0. The number of piperidine rings is 1. The van der Waals surface area contributed by atoms with Crippen molar-refractivity contribution in [1.29, 1.82) is 0 Å². The molecule has 0 aromatic heterocycles. The van der Waals surface area contributed by atoms with Gasteiger partial charge in [0.25, 0.3) is 0 Å². The molecular weight excluding hydrogens is 310 g/mol. The van der Waals surface area contributed by atoms with Crippen molar-refractivity contribution in [3.8, 4) is 0 Å². The van der Waals surface area contributed by atoms with Crippen molar-refractivity contribution in [2.75, 3.05) is 26.2 Å². The molecule has 2 N–H and O–H groups in total. The van der Waals surface area contributed by atoms with E-state index in [0.29, 0.717) is 17.9 Å². The second-order valence-electron chi connectivity index (χ2n) is 8.11. The average molecular weight is 344 g/mol. The molecule has 1 aliphatic heterocycles. The standard InChI is InChI=1S/C21H33N3O/c1-16(2)15-24-12-10-19(11-13-24)23-21(25)22-14-18-8-5-7-17-6-3-4-9-20(17)18/h3-4,6,9,16,18-19H,5,7-8,10-15H2,1-2H3,(H2,22,23,25). The van der Waals surface area contributed by atoms with E-state index in [-0.39, 0.29) is 6.03 Å². The lowest BCUT2D eigenvalue weighted by molar-refractivity contribution is 0.178. The minimum atomic E-state index is 0.00497. The Labute approximate surface area is 152 Å². The molecule has 1 aromatic carbocycles. The normalized spacial score (nSPS) is 21.8. The highest BCUT2D eigenvalue weighted by Gasteiger charge is 2.23. The van der Waals surface area contributed by atoms with Crippen molar-refractivity contribution in [3.63, 3.8) is 0 Å². The number of carbonyl (C=O) groups excluding carboxylic acids is 1. The molecule has 25 heavy (non-hydrogen) atoms. The molecule has 0 bridgehead atoms. The van der Waals surface area contributed by atoms with Crippen LogP contribution < -0.4 is 10.6 Å². The van der Waals surface area contributed by atoms with Gasteiger partial charge < -0.3 is 15.5 Å². The molecule has 1 aromatic rings. The minimum absolute atomic E-state index is 0.00497. The van der Waals surface area contributed by atoms with Gasteiger partial charge in [-0.1, -0.05) is 38.1 Å². The van der Waals surface area contributed by atoms with E-state index in [0.717, 1.165) is 32.5 Å². The first kappa shape index (κ1) is 18.2. The quantitative estimate of drug-likeness (QED) is 0.859. The van der Waals surface area contributed by atoms with E-state index in [9.17, 15) is 4.79 Å². The van der Waals surface area contributed by atoms with Gasteiger partial charge in [0.2, 0.25) is 0 Å². The van der Waals surface area contributed by atoms with Crippen molar-refractivity contribution < 1.29 is 4.79 Å². The fraction of sp³-hybridized carbons (Fsp3) is 0.667. The number of fused-ring (bicyclic) bond motifs is 1. The maximum absolute atomic E-state index is 12.3. The summed E-state index contributed by atoms with van der Waals surface area (Å²) in [5, 5.41) is 6.30. The van der Waals surface area contributed by atoms with E-state index in [1.165, 1.54) is 36.9 Å². The highest BCUT2D eigenvalue weighted by atomic mass is 16.2. The Morgan fingerprint density at radius 1 is 1.20 bits per heavy atom. The number of hydrogen-bond acceptors (Lipinski definition) is 2. The fourth-order valence-electron chi connectivity index (χ4n) is 4.30. The van der Waals surface area contributed by atoms with Crippen molar-refractivity contribution >= 4 is 6.03 Å². The number of nitrogens with zero attached hydrogens (tertiary/aromatic N) is 1. The first-order valence-corrected chi connectivity index (χ1v) is 9.96. The summed E-state index contributed by atoms with van der Waals surface area (Å²) < 4.78 is 0. The first-order valence-electron chi connectivity index (χ1n) is 9.96. The summed E-state index contributed by atoms with van der Waals surface area (Å²) in [6.45, 7) is 8.63. The zero-order valence-electron chi connectivity index (χ0n) is 15.8. The Bertz CT molecular complexity index is 564. The summed E-state index contributed by atoms with van der Waals surface area (Å²) in [7, 11) is 0. The number of likely N-dealkylation sites (tertiary alicyclic amines) is 1. The van der Waals surface area contributed by atoms with Crippen LogP contribution in [-0.4, -0.2) is 43.2 Å². The maximum Gasteiger partial charge on any atom is 0.315 e. The number of urea groups is 1. The van der Waals surface area contributed by atoms with Crippen LogP contribution in [0.4, 0.5) is 4.79 Å². The number of rotatable bonds is 5. The summed E-state index contributed by atoms with van der Waals surface area (Å²) in [4.78, 5) is 14.8. The number of carbonyl (C=O) groups is 1. The summed E-state index contributed by atoms with van der Waals surface area (Å²) in [6, 6.07) is 9.01. The minimum Gasteiger partial charge on any atom is -0.338 e. The second kappa shape index (κ2) is 8.70. The molecule has 4 nitrogen and oxygen atoms in total. The summed E-state index contributed by atoms with van der Waals surface area (Å²) in [6.07, 6.45) is 5.69. The Balaban J connectivity index is 1.41. The van der Waals surface area contributed by atoms with Crippen LogP contribution in [0.1, 0.15) is 56.6 Å². The molecule has 2 amide bonds. The van der Waals surface area contributed by atoms with Gasteiger partial charge in [0, 0.05) is 38.1 Å². The van der Waals surface area contributed by atoms with E-state index in [1.807, 2.05) is 0 Å². The third kappa shape index (κ3) is 5.21. The van der Waals surface area contributed by atoms with Crippen molar-refractivity contribution in [2.24, 2.45) is 5.92 Å². The van der Waals surface area contributed by atoms with Crippen LogP contribution in [0.15, 0.2) is 24.3 Å². The maximum atomic E-state index is 12.3. The lowest BCUT2D eigenvalue weighted by Crippen LogP contribution is -2.49. The van der Waals surface area contributed by atoms with Crippen LogP contribution in [0.2, 0.25) is 0 Å². The number of aryl methyl sites for hydroxylation is 1. The van der Waals surface area contributed by atoms with Crippen LogP contribution >= 0.6 is 0 Å². The van der Waals surface area contributed by atoms with Crippen LogP contribution in [0, 0.1) is 5.92 Å². The number of benzene rings is 1. The van der Waals surface area contributed by atoms with Crippen LogP contribution in [0.25, 0.3) is 0 Å².